The van der Waals surface area contributed by atoms with Gasteiger partial charge in [0.2, 0.25) is 0 Å². The van der Waals surface area contributed by atoms with E-state index < -0.39 is 0 Å². The number of nitrogens with zero attached hydrogens (tertiary/aromatic N) is 1. The zero-order chi connectivity index (χ0) is 12.9. The van der Waals surface area contributed by atoms with E-state index in [-0.39, 0.29) is 12.1 Å². The lowest BCUT2D eigenvalue weighted by atomic mass is 9.98. The fourth-order valence-corrected chi connectivity index (χ4v) is 2.23. The van der Waals surface area contributed by atoms with E-state index in [9.17, 15) is 5.11 Å². The van der Waals surface area contributed by atoms with Crippen molar-refractivity contribution in [2.24, 2.45) is 11.8 Å². The Kier molecular flexibility index (Phi) is 5.90. The van der Waals surface area contributed by atoms with E-state index in [0.717, 1.165) is 37.8 Å². The van der Waals surface area contributed by atoms with Crippen LogP contribution in [0.25, 0.3) is 0 Å². The first-order chi connectivity index (χ1) is 8.00. The second-order valence-corrected chi connectivity index (χ2v) is 6.13. The third-order valence-corrected chi connectivity index (χ3v) is 4.02. The molecule has 1 rings (SSSR count). The summed E-state index contributed by atoms with van der Waals surface area (Å²) in [6.45, 7) is 10.1. The van der Waals surface area contributed by atoms with Gasteiger partial charge in [0.1, 0.15) is 0 Å². The van der Waals surface area contributed by atoms with E-state index >= 15 is 0 Å². The molecule has 1 fully saturated rings. The van der Waals surface area contributed by atoms with Crippen LogP contribution >= 0.6 is 0 Å². The summed E-state index contributed by atoms with van der Waals surface area (Å²) in [6.07, 6.45) is 3.53. The molecule has 0 amide bonds. The van der Waals surface area contributed by atoms with Gasteiger partial charge in [-0.15, -0.1) is 0 Å². The van der Waals surface area contributed by atoms with Gasteiger partial charge in [-0.3, -0.25) is 0 Å². The maximum absolute atomic E-state index is 9.48. The number of nitrogens with one attached hydrogen (secondary N) is 1. The molecule has 3 heteroatoms. The van der Waals surface area contributed by atoms with Gasteiger partial charge in [-0.2, -0.15) is 0 Å². The highest BCUT2D eigenvalue weighted by molar-refractivity contribution is 4.86. The molecule has 0 spiro atoms. The van der Waals surface area contributed by atoms with Crippen molar-refractivity contribution in [2.45, 2.75) is 45.6 Å². The van der Waals surface area contributed by atoms with Crippen LogP contribution in [-0.4, -0.2) is 48.8 Å². The molecular formula is C14H30N2O. The zero-order valence-corrected chi connectivity index (χ0v) is 12.0. The van der Waals surface area contributed by atoms with Crippen molar-refractivity contribution < 1.29 is 5.11 Å². The normalized spacial score (nSPS) is 27.2. The molecule has 3 unspecified atom stereocenters. The third kappa shape index (κ3) is 5.36. The lowest BCUT2D eigenvalue weighted by Gasteiger charge is -2.31. The molecule has 0 heterocycles. The van der Waals surface area contributed by atoms with Gasteiger partial charge < -0.3 is 15.3 Å². The van der Waals surface area contributed by atoms with E-state index in [2.05, 4.69) is 38.0 Å². The molecule has 3 nitrogen and oxygen atoms in total. The second-order valence-electron chi connectivity index (χ2n) is 6.13. The Balaban J connectivity index is 2.20. The van der Waals surface area contributed by atoms with Gasteiger partial charge in [0, 0.05) is 12.1 Å². The van der Waals surface area contributed by atoms with Crippen molar-refractivity contribution >= 4 is 0 Å². The molecule has 0 saturated heterocycles. The highest BCUT2D eigenvalue weighted by atomic mass is 16.3. The van der Waals surface area contributed by atoms with Crippen molar-refractivity contribution in [2.75, 3.05) is 33.3 Å². The summed E-state index contributed by atoms with van der Waals surface area (Å²) in [6, 6.07) is 0. The van der Waals surface area contributed by atoms with Gasteiger partial charge >= 0.3 is 0 Å². The Morgan fingerprint density at radius 3 is 2.59 bits per heavy atom. The van der Waals surface area contributed by atoms with Crippen molar-refractivity contribution in [3.05, 3.63) is 0 Å². The largest absolute Gasteiger partial charge is 0.394 e. The molecule has 2 N–H and O–H groups in total. The second kappa shape index (κ2) is 6.72. The molecule has 0 radical (unpaired) electrons. The monoisotopic (exact) mass is 242 g/mol. The number of aliphatic hydroxyl groups is 1. The van der Waals surface area contributed by atoms with Crippen LogP contribution in [0.3, 0.4) is 0 Å². The van der Waals surface area contributed by atoms with Crippen LogP contribution in [0, 0.1) is 11.8 Å². The molecular weight excluding hydrogens is 212 g/mol. The first-order valence-electron chi connectivity index (χ1n) is 7.05. The molecule has 17 heavy (non-hydrogen) atoms. The highest BCUT2D eigenvalue weighted by Crippen LogP contribution is 2.37. The highest BCUT2D eigenvalue weighted by Gasteiger charge is 2.33. The lowest BCUT2D eigenvalue weighted by molar-refractivity contribution is 0.150. The van der Waals surface area contributed by atoms with Gasteiger partial charge in [0.05, 0.1) is 6.61 Å². The van der Waals surface area contributed by atoms with Gasteiger partial charge in [-0.05, 0) is 58.2 Å². The standard InChI is InChI=1S/C14H30N2O/c1-5-7-15-14(3,11-17)6-8-16(4)10-13-9-12(13)2/h12-13,15,17H,5-11H2,1-4H3. The Hall–Kier alpha value is -0.120. The van der Waals surface area contributed by atoms with E-state index in [0.29, 0.717) is 0 Å². The van der Waals surface area contributed by atoms with Crippen LogP contribution in [0.2, 0.25) is 0 Å². The Morgan fingerprint density at radius 1 is 1.47 bits per heavy atom. The Bertz CT molecular complexity index is 222. The smallest absolute Gasteiger partial charge is 0.0611 e. The van der Waals surface area contributed by atoms with E-state index in [1.54, 1.807) is 0 Å². The summed E-state index contributed by atoms with van der Waals surface area (Å²) in [5.41, 5.74) is -0.112. The lowest BCUT2D eigenvalue weighted by Crippen LogP contribution is -2.48. The molecule has 1 aliphatic rings. The van der Waals surface area contributed by atoms with Gasteiger partial charge in [0.25, 0.3) is 0 Å². The topological polar surface area (TPSA) is 35.5 Å². The van der Waals surface area contributed by atoms with Crippen molar-refractivity contribution in [3.8, 4) is 0 Å². The first kappa shape index (κ1) is 14.9. The SMILES string of the molecule is CCCNC(C)(CO)CCN(C)CC1CC1C. The average Bonchev–Trinajstić information content (AvgIpc) is 2.99. The van der Waals surface area contributed by atoms with Crippen molar-refractivity contribution in [1.82, 2.24) is 10.2 Å². The number of rotatable bonds is 9. The van der Waals surface area contributed by atoms with Crippen molar-refractivity contribution in [3.63, 3.8) is 0 Å². The van der Waals surface area contributed by atoms with Crippen LogP contribution in [0.15, 0.2) is 0 Å². The summed E-state index contributed by atoms with van der Waals surface area (Å²) in [5.74, 6) is 1.85. The van der Waals surface area contributed by atoms with Crippen LogP contribution < -0.4 is 5.32 Å². The molecule has 102 valence electrons. The fraction of sp³-hybridized carbons (Fsp3) is 1.00. The van der Waals surface area contributed by atoms with Crippen molar-refractivity contribution in [1.29, 1.82) is 0 Å². The fourth-order valence-electron chi connectivity index (χ4n) is 2.23. The van der Waals surface area contributed by atoms with Crippen LogP contribution in [0.4, 0.5) is 0 Å². The molecule has 0 aromatic carbocycles. The summed E-state index contributed by atoms with van der Waals surface area (Å²) in [4.78, 5) is 2.41. The predicted molar refractivity (Wildman–Crippen MR) is 73.2 cm³/mol. The molecule has 0 aliphatic heterocycles. The Morgan fingerprint density at radius 2 is 2.12 bits per heavy atom. The van der Waals surface area contributed by atoms with Crippen LogP contribution in [-0.2, 0) is 0 Å². The summed E-state index contributed by atoms with van der Waals surface area (Å²) in [7, 11) is 2.20. The summed E-state index contributed by atoms with van der Waals surface area (Å²) in [5, 5.41) is 12.9. The van der Waals surface area contributed by atoms with Gasteiger partial charge in [-0.25, -0.2) is 0 Å². The van der Waals surface area contributed by atoms with Crippen LogP contribution in [0.1, 0.15) is 40.0 Å². The average molecular weight is 242 g/mol. The minimum atomic E-state index is -0.112. The quantitative estimate of drug-likeness (QED) is 0.646. The molecule has 1 aliphatic carbocycles. The molecule has 0 bridgehead atoms. The van der Waals surface area contributed by atoms with E-state index in [4.69, 9.17) is 0 Å². The number of aliphatic hydroxyl groups excluding tert-OH is 1. The maximum atomic E-state index is 9.48. The third-order valence-electron chi connectivity index (χ3n) is 4.02. The van der Waals surface area contributed by atoms with Gasteiger partial charge in [0.15, 0.2) is 0 Å². The minimum Gasteiger partial charge on any atom is -0.394 e. The molecule has 3 atom stereocenters. The van der Waals surface area contributed by atoms with Crippen LogP contribution in [0.5, 0.6) is 0 Å². The number of hydrogen-bond donors (Lipinski definition) is 2. The summed E-state index contributed by atoms with van der Waals surface area (Å²) < 4.78 is 0. The predicted octanol–water partition coefficient (Wildman–Crippen LogP) is 1.71. The molecule has 1 saturated carbocycles. The summed E-state index contributed by atoms with van der Waals surface area (Å²) >= 11 is 0. The van der Waals surface area contributed by atoms with E-state index in [1.807, 2.05) is 0 Å². The first-order valence-corrected chi connectivity index (χ1v) is 7.05. The van der Waals surface area contributed by atoms with E-state index in [1.165, 1.54) is 13.0 Å². The molecule has 0 aromatic heterocycles. The van der Waals surface area contributed by atoms with Gasteiger partial charge in [-0.1, -0.05) is 13.8 Å². The minimum absolute atomic E-state index is 0.112. The maximum Gasteiger partial charge on any atom is 0.0611 e. The Labute approximate surface area is 107 Å². The zero-order valence-electron chi connectivity index (χ0n) is 12.0. The number of hydrogen-bond acceptors (Lipinski definition) is 3. The molecule has 0 aromatic rings.